The molecule has 0 atom stereocenters. The second-order valence-corrected chi connectivity index (χ2v) is 26.4. The lowest BCUT2D eigenvalue weighted by atomic mass is 9.53. The van der Waals surface area contributed by atoms with Crippen LogP contribution >= 0.6 is 0 Å². The second kappa shape index (κ2) is 15.0. The van der Waals surface area contributed by atoms with E-state index < -0.39 is 0 Å². The largest absolute Gasteiger partial charge is 0.308 e. The van der Waals surface area contributed by atoms with E-state index in [2.05, 4.69) is 171 Å². The fourth-order valence-corrected chi connectivity index (χ4v) is 16.4. The number of hydrogen-bond donors (Lipinski definition) is 0. The van der Waals surface area contributed by atoms with Crippen LogP contribution in [-0.4, -0.2) is 19.6 Å². The van der Waals surface area contributed by atoms with E-state index in [0.717, 1.165) is 31.2 Å². The molecule has 6 aromatic carbocycles. The molecule has 0 saturated heterocycles. The summed E-state index contributed by atoms with van der Waals surface area (Å²) in [6.45, 7) is 28.5. The van der Waals surface area contributed by atoms with Gasteiger partial charge in [0.15, 0.2) is 5.78 Å². The molecule has 0 N–H and O–H groups in total. The summed E-state index contributed by atoms with van der Waals surface area (Å²) >= 11 is 0. The Hall–Kier alpha value is -6.26. The van der Waals surface area contributed by atoms with Crippen LogP contribution in [0, 0.1) is 19.8 Å². The molecular formula is C70H71N3O. The third kappa shape index (κ3) is 5.76. The van der Waals surface area contributed by atoms with Crippen molar-refractivity contribution in [2.45, 2.75) is 175 Å². The summed E-state index contributed by atoms with van der Waals surface area (Å²) in [6.07, 6.45) is 11.3. The minimum Gasteiger partial charge on any atom is -0.308 e. The standard InChI is InChI=1S/C70H71N3O/c1-34(2)44-21-38(9)22-45(35(3)4)61(44)42-25-52-49-29-48-40-13-15-41(16-14-40)67(74)55(48)32-59(49)72-57-30-51-54-27-43(62-46(36(5)6)23-39(10)24-47(62)37(7)8)28-56-63-60(33-71-68-64(63)69(11)17-19-70(68,12)20-18-69)73(66(54)56)58(51)31-50(57)53(26-42)65(52)72/h21-37,40-41H,13-20H2,1-12H3. The van der Waals surface area contributed by atoms with Crippen molar-refractivity contribution < 1.29 is 4.79 Å². The van der Waals surface area contributed by atoms with Crippen molar-refractivity contribution in [3.8, 4) is 22.3 Å². The monoisotopic (exact) mass is 970 g/mol. The van der Waals surface area contributed by atoms with Crippen LogP contribution < -0.4 is 0 Å². The van der Waals surface area contributed by atoms with Crippen LogP contribution in [0.2, 0.25) is 0 Å². The molecule has 74 heavy (non-hydrogen) atoms. The number of benzene rings is 6. The van der Waals surface area contributed by atoms with E-state index >= 15 is 0 Å². The maximum absolute atomic E-state index is 14.6. The molecule has 11 aromatic rings. The first-order valence-electron chi connectivity index (χ1n) is 28.6. The summed E-state index contributed by atoms with van der Waals surface area (Å²) in [5.74, 6) is 2.40. The van der Waals surface area contributed by atoms with Gasteiger partial charge in [0.2, 0.25) is 0 Å². The summed E-state index contributed by atoms with van der Waals surface area (Å²) in [5.41, 5.74) is 26.6. The molecule has 0 amide bonds. The van der Waals surface area contributed by atoms with Crippen LogP contribution in [0.4, 0.5) is 0 Å². The van der Waals surface area contributed by atoms with Gasteiger partial charge in [-0.05, 0) is 204 Å². The molecule has 6 aliphatic carbocycles. The summed E-state index contributed by atoms with van der Waals surface area (Å²) in [5, 5.41) is 10.5. The van der Waals surface area contributed by atoms with Crippen LogP contribution in [0.1, 0.15) is 211 Å². The molecule has 4 heteroatoms. The molecule has 0 aliphatic heterocycles. The van der Waals surface area contributed by atoms with E-state index in [9.17, 15) is 4.79 Å². The van der Waals surface area contributed by atoms with Gasteiger partial charge in [-0.25, -0.2) is 0 Å². The van der Waals surface area contributed by atoms with Gasteiger partial charge in [0.1, 0.15) is 0 Å². The number of Topliss-reactive ketones (excluding diaryl/α,β-unsaturated/α-hetero) is 1. The van der Waals surface area contributed by atoms with Gasteiger partial charge >= 0.3 is 0 Å². The normalized spacial score (nSPS) is 22.0. The van der Waals surface area contributed by atoms with E-state index in [4.69, 9.17) is 4.98 Å². The lowest BCUT2D eigenvalue weighted by Crippen LogP contribution is -2.45. The number of fused-ring (bicyclic) bond motifs is 16. The highest BCUT2D eigenvalue weighted by molar-refractivity contribution is 6.30. The Morgan fingerprint density at radius 3 is 1.41 bits per heavy atom. The smallest absolute Gasteiger partial charge is 0.166 e. The van der Waals surface area contributed by atoms with Crippen molar-refractivity contribution in [2.24, 2.45) is 5.92 Å². The number of aryl methyl sites for hydroxylation is 2. The Bertz CT molecular complexity index is 4220. The van der Waals surface area contributed by atoms with Gasteiger partial charge in [0.25, 0.3) is 0 Å². The molecule has 0 spiro atoms. The zero-order valence-corrected chi connectivity index (χ0v) is 45.9. The summed E-state index contributed by atoms with van der Waals surface area (Å²) in [7, 11) is 0. The van der Waals surface area contributed by atoms with Crippen LogP contribution in [-0.2, 0) is 10.8 Å². The summed E-state index contributed by atoms with van der Waals surface area (Å²) < 4.78 is 5.22. The zero-order valence-electron chi connectivity index (χ0n) is 45.9. The first kappa shape index (κ1) is 45.2. The van der Waals surface area contributed by atoms with E-state index in [-0.39, 0.29) is 16.7 Å². The Labute approximate surface area is 436 Å². The van der Waals surface area contributed by atoms with E-state index in [1.165, 1.54) is 174 Å². The molecule has 0 radical (unpaired) electrons. The maximum atomic E-state index is 14.6. The van der Waals surface area contributed by atoms with Gasteiger partial charge in [-0.3, -0.25) is 9.78 Å². The molecule has 4 nitrogen and oxygen atoms in total. The fourth-order valence-electron chi connectivity index (χ4n) is 16.4. The average molecular weight is 970 g/mol. The predicted octanol–water partition coefficient (Wildman–Crippen LogP) is 19.4. The van der Waals surface area contributed by atoms with Gasteiger partial charge in [-0.15, -0.1) is 0 Å². The number of hydrogen-bond acceptors (Lipinski definition) is 2. The Balaban J connectivity index is 1.13. The number of ketones is 1. The highest BCUT2D eigenvalue weighted by atomic mass is 16.1. The molecule has 6 aliphatic rings. The second-order valence-electron chi connectivity index (χ2n) is 26.4. The van der Waals surface area contributed by atoms with Gasteiger partial charge in [-0.1, -0.05) is 105 Å². The lowest BCUT2D eigenvalue weighted by Gasteiger charge is -2.51. The van der Waals surface area contributed by atoms with Crippen molar-refractivity contribution in [1.82, 2.24) is 13.8 Å². The maximum Gasteiger partial charge on any atom is 0.166 e. The highest BCUT2D eigenvalue weighted by Crippen LogP contribution is 2.59. The number of pyridine rings is 1. The first-order chi connectivity index (χ1) is 35.4. The number of rotatable bonds is 6. The van der Waals surface area contributed by atoms with Crippen molar-refractivity contribution in [1.29, 1.82) is 0 Å². The molecule has 372 valence electrons. The molecule has 0 unspecified atom stereocenters. The van der Waals surface area contributed by atoms with E-state index in [1.807, 2.05) is 0 Å². The molecule has 5 heterocycles. The van der Waals surface area contributed by atoms with Gasteiger partial charge < -0.3 is 8.80 Å². The zero-order chi connectivity index (χ0) is 50.9. The minimum absolute atomic E-state index is 0.0836. The Kier molecular flexibility index (Phi) is 9.14. The number of carbonyl (C=O) groups excluding carboxylic acids is 1. The molecule has 4 bridgehead atoms. The average Bonchev–Trinajstić information content (AvgIpc) is 4.06. The molecule has 2 saturated carbocycles. The Morgan fingerprint density at radius 1 is 0.486 bits per heavy atom. The number of nitrogens with zero attached hydrogens (tertiary/aromatic N) is 3. The summed E-state index contributed by atoms with van der Waals surface area (Å²) in [4.78, 5) is 20.2. The predicted molar refractivity (Wildman–Crippen MR) is 312 cm³/mol. The highest BCUT2D eigenvalue weighted by Gasteiger charge is 2.50. The van der Waals surface area contributed by atoms with Crippen molar-refractivity contribution in [2.75, 3.05) is 0 Å². The SMILES string of the molecule is Cc1cc(C(C)C)c(-c2cc3c4cc5c(cc4n4c6cc7c8cc(-c9c(C(C)C)cc(C)cc9C(C)C)cc9c%10c%11c(ncc%10n(c7cc6c(c2)c34)c89)C2(C)CCC%11(C)CC2)C(=O)C2CCC5CC2)c(C(C)C)c1. The van der Waals surface area contributed by atoms with E-state index in [0.29, 0.717) is 35.4 Å². The number of aromatic nitrogens is 3. The molecule has 17 rings (SSSR count). The molecule has 5 aromatic heterocycles. The van der Waals surface area contributed by atoms with Crippen molar-refractivity contribution >= 4 is 82.0 Å². The third-order valence-electron chi connectivity index (χ3n) is 20.3. The quantitative estimate of drug-likeness (QED) is 0.167. The van der Waals surface area contributed by atoms with Gasteiger partial charge in [-0.2, -0.15) is 0 Å². The third-order valence-corrected chi connectivity index (χ3v) is 20.3. The van der Waals surface area contributed by atoms with Crippen LogP contribution in [0.5, 0.6) is 0 Å². The minimum atomic E-state index is 0.0836. The van der Waals surface area contributed by atoms with Gasteiger partial charge in [0.05, 0.1) is 45.0 Å². The molecular weight excluding hydrogens is 899 g/mol. The first-order valence-corrected chi connectivity index (χ1v) is 28.6. The van der Waals surface area contributed by atoms with E-state index in [1.54, 1.807) is 0 Å². The van der Waals surface area contributed by atoms with Crippen molar-refractivity contribution in [3.63, 3.8) is 0 Å². The topological polar surface area (TPSA) is 38.8 Å². The van der Waals surface area contributed by atoms with Crippen LogP contribution in [0.3, 0.4) is 0 Å². The fraction of sp³-hybridized carbons (Fsp3) is 0.400. The van der Waals surface area contributed by atoms with Crippen LogP contribution in [0.15, 0.2) is 79.0 Å². The Morgan fingerprint density at radius 2 is 0.905 bits per heavy atom. The molecule has 2 fully saturated rings. The summed E-state index contributed by atoms with van der Waals surface area (Å²) in [6, 6.07) is 30.0. The number of carbonyl (C=O) groups is 1. The van der Waals surface area contributed by atoms with Gasteiger partial charge in [0, 0.05) is 60.0 Å². The van der Waals surface area contributed by atoms with Crippen molar-refractivity contribution in [3.05, 3.63) is 135 Å². The lowest BCUT2D eigenvalue weighted by molar-refractivity contribution is 0.0898. The van der Waals surface area contributed by atoms with Crippen LogP contribution in [0.25, 0.3) is 98.4 Å².